The third kappa shape index (κ3) is 4.51. The fourth-order valence-corrected chi connectivity index (χ4v) is 3.81. The molecule has 1 aromatic rings. The number of hydrogen-bond acceptors (Lipinski definition) is 3. The highest BCUT2D eigenvalue weighted by Crippen LogP contribution is 2.47. The predicted octanol–water partition coefficient (Wildman–Crippen LogP) is 3.66. The summed E-state index contributed by atoms with van der Waals surface area (Å²) < 4.78 is 11.0. The van der Waals surface area contributed by atoms with E-state index < -0.39 is 0 Å². The predicted molar refractivity (Wildman–Crippen MR) is 112 cm³/mol. The van der Waals surface area contributed by atoms with Crippen LogP contribution in [0.3, 0.4) is 0 Å². The van der Waals surface area contributed by atoms with E-state index in [1.54, 1.807) is 7.11 Å². The van der Waals surface area contributed by atoms with Crippen LogP contribution in [0.15, 0.2) is 23.2 Å². The van der Waals surface area contributed by atoms with Crippen molar-refractivity contribution < 1.29 is 9.47 Å². The number of aliphatic imine (C=N–C) groups is 1. The molecule has 1 N–H and O–H groups in total. The van der Waals surface area contributed by atoms with Crippen LogP contribution in [0.2, 0.25) is 0 Å². The minimum atomic E-state index is 0. The normalized spacial score (nSPS) is 18.5. The molecule has 0 bridgehead atoms. The molecule has 6 heteroatoms. The Bertz CT molecular complexity index is 602. The molecule has 0 radical (unpaired) electrons. The van der Waals surface area contributed by atoms with Crippen molar-refractivity contribution >= 4 is 29.9 Å². The zero-order valence-corrected chi connectivity index (χ0v) is 17.8. The number of nitrogens with zero attached hydrogens (tertiary/aromatic N) is 2. The smallest absolute Gasteiger partial charge is 0.193 e. The van der Waals surface area contributed by atoms with Crippen molar-refractivity contribution in [3.05, 3.63) is 23.8 Å². The molecule has 1 heterocycles. The van der Waals surface area contributed by atoms with Crippen molar-refractivity contribution in [2.24, 2.45) is 10.4 Å². The molecule has 1 aliphatic carbocycles. The summed E-state index contributed by atoms with van der Waals surface area (Å²) in [5, 5.41) is 3.50. The molecule has 1 saturated carbocycles. The van der Waals surface area contributed by atoms with E-state index in [0.717, 1.165) is 42.7 Å². The lowest BCUT2D eigenvalue weighted by Crippen LogP contribution is -2.42. The monoisotopic (exact) mass is 459 g/mol. The Morgan fingerprint density at radius 2 is 2.08 bits per heavy atom. The average molecular weight is 459 g/mol. The molecule has 2 fully saturated rings. The van der Waals surface area contributed by atoms with Gasteiger partial charge in [-0.1, -0.05) is 12.5 Å². The van der Waals surface area contributed by atoms with Crippen LogP contribution in [0.1, 0.15) is 38.2 Å². The van der Waals surface area contributed by atoms with Crippen LogP contribution in [0, 0.1) is 5.41 Å². The van der Waals surface area contributed by atoms with Crippen molar-refractivity contribution in [1.29, 1.82) is 0 Å². The lowest BCUT2D eigenvalue weighted by atomic mass is 9.68. The number of methoxy groups -OCH3 is 1. The van der Waals surface area contributed by atoms with E-state index in [4.69, 9.17) is 9.47 Å². The van der Waals surface area contributed by atoms with Crippen molar-refractivity contribution in [3.8, 4) is 11.5 Å². The Morgan fingerprint density at radius 3 is 2.64 bits per heavy atom. The molecule has 1 aromatic carbocycles. The van der Waals surface area contributed by atoms with Gasteiger partial charge in [-0.25, -0.2) is 0 Å². The minimum Gasteiger partial charge on any atom is -0.493 e. The van der Waals surface area contributed by atoms with E-state index in [2.05, 4.69) is 21.3 Å². The summed E-state index contributed by atoms with van der Waals surface area (Å²) in [6.45, 7) is 5.62. The minimum absolute atomic E-state index is 0. The van der Waals surface area contributed by atoms with Gasteiger partial charge in [-0.3, -0.25) is 4.99 Å². The molecule has 3 rings (SSSR count). The van der Waals surface area contributed by atoms with Crippen molar-refractivity contribution in [3.63, 3.8) is 0 Å². The lowest BCUT2D eigenvalue weighted by Gasteiger charge is -2.38. The number of guanidine groups is 1. The highest BCUT2D eigenvalue weighted by Gasteiger charge is 2.43. The van der Waals surface area contributed by atoms with Gasteiger partial charge in [0.15, 0.2) is 17.5 Å². The summed E-state index contributed by atoms with van der Waals surface area (Å²) in [7, 11) is 3.54. The van der Waals surface area contributed by atoms with E-state index >= 15 is 0 Å². The Morgan fingerprint density at radius 1 is 1.28 bits per heavy atom. The first-order valence-corrected chi connectivity index (χ1v) is 8.95. The molecule has 140 valence electrons. The summed E-state index contributed by atoms with van der Waals surface area (Å²) in [5.41, 5.74) is 1.74. The zero-order chi connectivity index (χ0) is 17.0. The van der Waals surface area contributed by atoms with Gasteiger partial charge in [-0.2, -0.15) is 0 Å². The Balaban J connectivity index is 0.00000225. The highest BCUT2D eigenvalue weighted by atomic mass is 127. The van der Waals surface area contributed by atoms with E-state index in [-0.39, 0.29) is 24.0 Å². The van der Waals surface area contributed by atoms with Crippen LogP contribution in [0.25, 0.3) is 0 Å². The summed E-state index contributed by atoms with van der Waals surface area (Å²) in [4.78, 5) is 6.88. The van der Waals surface area contributed by atoms with E-state index in [9.17, 15) is 0 Å². The van der Waals surface area contributed by atoms with Crippen LogP contribution >= 0.6 is 24.0 Å². The van der Waals surface area contributed by atoms with Crippen molar-refractivity contribution in [1.82, 2.24) is 10.2 Å². The topological polar surface area (TPSA) is 46.1 Å². The fraction of sp³-hybridized carbons (Fsp3) is 0.632. The van der Waals surface area contributed by atoms with Gasteiger partial charge in [0.25, 0.3) is 0 Å². The number of ether oxygens (including phenoxy) is 2. The van der Waals surface area contributed by atoms with Gasteiger partial charge >= 0.3 is 0 Å². The van der Waals surface area contributed by atoms with E-state index in [1.165, 1.54) is 25.7 Å². The van der Waals surface area contributed by atoms with Gasteiger partial charge < -0.3 is 19.7 Å². The molecule has 5 nitrogen and oxygen atoms in total. The first kappa shape index (κ1) is 20.1. The molecular weight excluding hydrogens is 429 g/mol. The largest absolute Gasteiger partial charge is 0.493 e. The molecular formula is C19H30IN3O2. The molecule has 1 spiro atoms. The first-order valence-electron chi connectivity index (χ1n) is 8.95. The maximum Gasteiger partial charge on any atom is 0.193 e. The van der Waals surface area contributed by atoms with Crippen LogP contribution in [0.5, 0.6) is 11.5 Å². The van der Waals surface area contributed by atoms with Crippen molar-refractivity contribution in [2.45, 2.75) is 39.2 Å². The third-order valence-electron chi connectivity index (χ3n) is 5.34. The fourth-order valence-electron chi connectivity index (χ4n) is 3.81. The van der Waals surface area contributed by atoms with E-state index in [0.29, 0.717) is 12.0 Å². The average Bonchev–Trinajstić information content (AvgIpc) is 3.03. The second kappa shape index (κ2) is 8.96. The standard InChI is InChI=1S/C19H29N3O2.HI/c1-4-24-16-7-6-15(12-17(16)23-3)13-21-18(20-2)22-11-10-19(14-22)8-5-9-19;/h6-7,12H,4-5,8-11,13-14H2,1-3H3,(H,20,21);1H. The molecule has 2 aliphatic rings. The first-order chi connectivity index (χ1) is 11.7. The number of hydrogen-bond donors (Lipinski definition) is 1. The van der Waals surface area contributed by atoms with Gasteiger partial charge in [0.2, 0.25) is 0 Å². The Kier molecular flexibility index (Phi) is 7.22. The zero-order valence-electron chi connectivity index (χ0n) is 15.5. The maximum atomic E-state index is 5.58. The highest BCUT2D eigenvalue weighted by molar-refractivity contribution is 14.0. The quantitative estimate of drug-likeness (QED) is 0.415. The number of likely N-dealkylation sites (tertiary alicyclic amines) is 1. The van der Waals surface area contributed by atoms with Gasteiger partial charge in [-0.15, -0.1) is 24.0 Å². The number of benzene rings is 1. The van der Waals surface area contributed by atoms with Crippen LogP contribution < -0.4 is 14.8 Å². The number of halogens is 1. The van der Waals surface area contributed by atoms with Gasteiger partial charge in [0.1, 0.15) is 0 Å². The van der Waals surface area contributed by atoms with Crippen LogP contribution in [0.4, 0.5) is 0 Å². The summed E-state index contributed by atoms with van der Waals surface area (Å²) in [6, 6.07) is 6.08. The van der Waals surface area contributed by atoms with Crippen LogP contribution in [-0.2, 0) is 6.54 Å². The molecule has 25 heavy (non-hydrogen) atoms. The summed E-state index contributed by atoms with van der Waals surface area (Å²) >= 11 is 0. The number of rotatable bonds is 5. The SMILES string of the molecule is CCOc1ccc(CNC(=NC)N2CCC3(CCC3)C2)cc1OC.I. The van der Waals surface area contributed by atoms with E-state index in [1.807, 2.05) is 26.1 Å². The molecule has 0 atom stereocenters. The van der Waals surface area contributed by atoms with Gasteiger partial charge in [0.05, 0.1) is 13.7 Å². The number of nitrogens with one attached hydrogen (secondary N) is 1. The maximum absolute atomic E-state index is 5.58. The Labute approximate surface area is 168 Å². The second-order valence-corrected chi connectivity index (χ2v) is 6.84. The molecule has 0 amide bonds. The lowest BCUT2D eigenvalue weighted by molar-refractivity contribution is 0.151. The third-order valence-corrected chi connectivity index (χ3v) is 5.34. The van der Waals surface area contributed by atoms with Gasteiger partial charge in [-0.05, 0) is 49.3 Å². The van der Waals surface area contributed by atoms with Crippen LogP contribution in [-0.4, -0.2) is 44.7 Å². The van der Waals surface area contributed by atoms with Gasteiger partial charge in [0, 0.05) is 26.7 Å². The summed E-state index contributed by atoms with van der Waals surface area (Å²) in [5.74, 6) is 2.58. The Hall–Kier alpha value is -1.18. The van der Waals surface area contributed by atoms with Crippen molar-refractivity contribution in [2.75, 3.05) is 33.9 Å². The molecule has 1 saturated heterocycles. The molecule has 1 aliphatic heterocycles. The molecule has 0 aromatic heterocycles. The summed E-state index contributed by atoms with van der Waals surface area (Å²) in [6.07, 6.45) is 5.48. The second-order valence-electron chi connectivity index (χ2n) is 6.84. The molecule has 0 unspecified atom stereocenters.